The molecule has 1 aromatic heterocycles. The summed E-state index contributed by atoms with van der Waals surface area (Å²) in [5.74, 6) is -1.63. The SMILES string of the molecule is CCCN(C(=O)[C@H](CCCC(=O)OCc1ccccc1)NC(=O)c1c(Cc2ccccc2)[nH]c2ccccc12)[C@H](CC(N)=O)Cc1ccc2cc(CC)ccc2c1. The Hall–Kier alpha value is -6.22. The zero-order valence-corrected chi connectivity index (χ0v) is 32.8. The maximum Gasteiger partial charge on any atom is 0.306 e. The number of esters is 1. The summed E-state index contributed by atoms with van der Waals surface area (Å²) in [7, 11) is 0. The van der Waals surface area contributed by atoms with Crippen LogP contribution in [0.1, 0.15) is 84.3 Å². The summed E-state index contributed by atoms with van der Waals surface area (Å²) in [4.78, 5) is 60.0. The number of benzene rings is 5. The molecule has 5 aromatic carbocycles. The van der Waals surface area contributed by atoms with Gasteiger partial charge in [-0.2, -0.15) is 0 Å². The van der Waals surface area contributed by atoms with Crippen molar-refractivity contribution in [3.8, 4) is 0 Å². The molecule has 2 atom stereocenters. The third-order valence-electron chi connectivity index (χ3n) is 10.4. The molecular formula is C48H52N4O5. The van der Waals surface area contributed by atoms with Crippen molar-refractivity contribution in [1.29, 1.82) is 0 Å². The summed E-state index contributed by atoms with van der Waals surface area (Å²) in [6, 6.07) is 38.0. The highest BCUT2D eigenvalue weighted by Gasteiger charge is 2.33. The summed E-state index contributed by atoms with van der Waals surface area (Å²) in [5.41, 5.74) is 12.0. The molecule has 0 saturated heterocycles. The lowest BCUT2D eigenvalue weighted by Crippen LogP contribution is -2.53. The van der Waals surface area contributed by atoms with E-state index < -0.39 is 29.9 Å². The number of nitrogens with two attached hydrogens (primary N) is 1. The van der Waals surface area contributed by atoms with Gasteiger partial charge in [-0.1, -0.05) is 129 Å². The summed E-state index contributed by atoms with van der Waals surface area (Å²) >= 11 is 0. The predicted octanol–water partition coefficient (Wildman–Crippen LogP) is 8.21. The quantitative estimate of drug-likeness (QED) is 0.0715. The van der Waals surface area contributed by atoms with Crippen molar-refractivity contribution in [2.45, 2.75) is 83.9 Å². The van der Waals surface area contributed by atoms with Gasteiger partial charge in [0.1, 0.15) is 12.6 Å². The van der Waals surface area contributed by atoms with E-state index in [0.29, 0.717) is 37.8 Å². The van der Waals surface area contributed by atoms with Gasteiger partial charge in [-0.15, -0.1) is 0 Å². The van der Waals surface area contributed by atoms with E-state index >= 15 is 0 Å². The predicted molar refractivity (Wildman–Crippen MR) is 226 cm³/mol. The Balaban J connectivity index is 1.28. The van der Waals surface area contributed by atoms with Crippen molar-refractivity contribution in [1.82, 2.24) is 15.2 Å². The highest BCUT2D eigenvalue weighted by Crippen LogP contribution is 2.26. The van der Waals surface area contributed by atoms with E-state index in [4.69, 9.17) is 10.5 Å². The van der Waals surface area contributed by atoms with E-state index in [-0.39, 0.29) is 31.8 Å². The Morgan fingerprint density at radius 3 is 2.11 bits per heavy atom. The number of para-hydroxylation sites is 1. The number of amides is 3. The van der Waals surface area contributed by atoms with Crippen LogP contribution in [0.4, 0.5) is 0 Å². The van der Waals surface area contributed by atoms with Gasteiger partial charge in [0.05, 0.1) is 5.56 Å². The van der Waals surface area contributed by atoms with E-state index in [2.05, 4.69) is 47.6 Å². The number of carbonyl (C=O) groups excluding carboxylic acids is 4. The van der Waals surface area contributed by atoms with E-state index in [1.807, 2.05) is 97.9 Å². The van der Waals surface area contributed by atoms with Crippen LogP contribution in [-0.4, -0.2) is 52.2 Å². The summed E-state index contributed by atoms with van der Waals surface area (Å²) in [6.07, 6.45) is 2.93. The first-order valence-electron chi connectivity index (χ1n) is 20.0. The number of carbonyl (C=O) groups is 4. The number of aromatic nitrogens is 1. The number of nitrogens with zero attached hydrogens (tertiary/aromatic N) is 1. The second-order valence-electron chi connectivity index (χ2n) is 14.7. The van der Waals surface area contributed by atoms with Gasteiger partial charge in [0.15, 0.2) is 0 Å². The van der Waals surface area contributed by atoms with E-state index in [0.717, 1.165) is 50.5 Å². The second kappa shape index (κ2) is 19.6. The monoisotopic (exact) mass is 764 g/mol. The Labute approximate surface area is 334 Å². The van der Waals surface area contributed by atoms with Crippen LogP contribution in [-0.2, 0) is 45.0 Å². The molecule has 4 N–H and O–H groups in total. The van der Waals surface area contributed by atoms with Crippen molar-refractivity contribution in [3.63, 3.8) is 0 Å². The van der Waals surface area contributed by atoms with Crippen molar-refractivity contribution >= 4 is 45.4 Å². The molecule has 9 heteroatoms. The lowest BCUT2D eigenvalue weighted by molar-refractivity contribution is -0.145. The third kappa shape index (κ3) is 10.8. The smallest absolute Gasteiger partial charge is 0.306 e. The van der Waals surface area contributed by atoms with Crippen LogP contribution in [0, 0.1) is 0 Å². The van der Waals surface area contributed by atoms with Crippen LogP contribution in [0.5, 0.6) is 0 Å². The van der Waals surface area contributed by atoms with Crippen LogP contribution >= 0.6 is 0 Å². The minimum atomic E-state index is -0.997. The molecule has 0 bridgehead atoms. The van der Waals surface area contributed by atoms with Gasteiger partial charge in [0.25, 0.3) is 5.91 Å². The largest absolute Gasteiger partial charge is 0.461 e. The molecule has 6 rings (SSSR count). The second-order valence-corrected chi connectivity index (χ2v) is 14.7. The zero-order chi connectivity index (χ0) is 40.1. The maximum atomic E-state index is 14.9. The molecule has 6 aromatic rings. The molecular weight excluding hydrogens is 713 g/mol. The molecule has 3 amide bonds. The van der Waals surface area contributed by atoms with Crippen molar-refractivity contribution in [2.24, 2.45) is 5.73 Å². The number of nitrogens with one attached hydrogen (secondary N) is 2. The Morgan fingerprint density at radius 2 is 1.42 bits per heavy atom. The van der Waals surface area contributed by atoms with Crippen LogP contribution in [0.25, 0.3) is 21.7 Å². The Morgan fingerprint density at radius 1 is 0.772 bits per heavy atom. The fourth-order valence-electron chi connectivity index (χ4n) is 7.54. The fraction of sp³-hybridized carbons (Fsp3) is 0.292. The fourth-order valence-corrected chi connectivity index (χ4v) is 7.54. The van der Waals surface area contributed by atoms with Gasteiger partial charge in [0, 0.05) is 48.4 Å². The highest BCUT2D eigenvalue weighted by molar-refractivity contribution is 6.09. The average molecular weight is 765 g/mol. The number of aromatic amines is 1. The molecule has 0 aliphatic carbocycles. The topological polar surface area (TPSA) is 135 Å². The number of primary amides is 1. The number of hydrogen-bond donors (Lipinski definition) is 3. The molecule has 0 fully saturated rings. The first kappa shape index (κ1) is 40.4. The van der Waals surface area contributed by atoms with Crippen molar-refractivity contribution in [2.75, 3.05) is 6.54 Å². The molecule has 0 saturated carbocycles. The number of aryl methyl sites for hydroxylation is 1. The highest BCUT2D eigenvalue weighted by atomic mass is 16.5. The van der Waals surface area contributed by atoms with Gasteiger partial charge in [0.2, 0.25) is 11.8 Å². The van der Waals surface area contributed by atoms with E-state index in [1.54, 1.807) is 4.90 Å². The number of hydrogen-bond acceptors (Lipinski definition) is 5. The molecule has 57 heavy (non-hydrogen) atoms. The maximum absolute atomic E-state index is 14.9. The number of ether oxygens (including phenoxy) is 1. The van der Waals surface area contributed by atoms with Crippen LogP contribution in [0.3, 0.4) is 0 Å². The van der Waals surface area contributed by atoms with Crippen LogP contribution in [0.15, 0.2) is 121 Å². The van der Waals surface area contributed by atoms with E-state index in [1.165, 1.54) is 5.56 Å². The summed E-state index contributed by atoms with van der Waals surface area (Å²) in [6.45, 7) is 4.60. The first-order chi connectivity index (χ1) is 27.7. The molecule has 0 radical (unpaired) electrons. The molecule has 1 heterocycles. The van der Waals surface area contributed by atoms with Gasteiger partial charge in [-0.05, 0) is 71.2 Å². The first-order valence-corrected chi connectivity index (χ1v) is 20.0. The lowest BCUT2D eigenvalue weighted by Gasteiger charge is -2.34. The van der Waals surface area contributed by atoms with Gasteiger partial charge in [-0.25, -0.2) is 0 Å². The van der Waals surface area contributed by atoms with Crippen LogP contribution in [0.2, 0.25) is 0 Å². The van der Waals surface area contributed by atoms with E-state index in [9.17, 15) is 19.2 Å². The van der Waals surface area contributed by atoms with Gasteiger partial charge < -0.3 is 25.7 Å². The number of fused-ring (bicyclic) bond motifs is 2. The molecule has 0 aliphatic rings. The molecule has 0 unspecified atom stereocenters. The molecule has 0 aliphatic heterocycles. The summed E-state index contributed by atoms with van der Waals surface area (Å²) < 4.78 is 5.53. The minimum Gasteiger partial charge on any atom is -0.461 e. The Kier molecular flexibility index (Phi) is 13.9. The lowest BCUT2D eigenvalue weighted by atomic mass is 9.96. The normalized spacial score (nSPS) is 12.2. The molecule has 0 spiro atoms. The number of H-pyrrole nitrogens is 1. The van der Waals surface area contributed by atoms with Gasteiger partial charge >= 0.3 is 5.97 Å². The number of rotatable bonds is 19. The average Bonchev–Trinajstić information content (AvgIpc) is 3.59. The molecule has 9 nitrogen and oxygen atoms in total. The van der Waals surface area contributed by atoms with Crippen molar-refractivity contribution < 1.29 is 23.9 Å². The van der Waals surface area contributed by atoms with Crippen molar-refractivity contribution in [3.05, 3.63) is 155 Å². The Bertz CT molecular complexity index is 2300. The third-order valence-corrected chi connectivity index (χ3v) is 10.4. The minimum absolute atomic E-state index is 0.0469. The molecule has 294 valence electrons. The van der Waals surface area contributed by atoms with Gasteiger partial charge in [-0.3, -0.25) is 19.2 Å². The summed E-state index contributed by atoms with van der Waals surface area (Å²) in [5, 5.41) is 6.04. The zero-order valence-electron chi connectivity index (χ0n) is 32.8. The standard InChI is InChI=1S/C48H52N4O5/c1-3-26-52(39(31-44(49)53)29-36-23-25-37-27-33(4-2)22-24-38(37)28-36)48(56)42(20-13-21-45(54)57-32-35-16-9-6-10-17-35)51-47(55)46-40-18-11-12-19-41(40)50-43(46)30-34-14-7-5-8-15-34/h5-12,14-19,22-25,27-28,39,42,50H,3-4,13,20-21,26,29-32H2,1-2H3,(H2,49,53)(H,51,55)/t39-,42-/m0/s1. The van der Waals surface area contributed by atoms with Crippen LogP contribution < -0.4 is 11.1 Å².